The van der Waals surface area contributed by atoms with Gasteiger partial charge < -0.3 is 9.15 Å². The first kappa shape index (κ1) is 12.2. The fourth-order valence-corrected chi connectivity index (χ4v) is 1.93. The van der Waals surface area contributed by atoms with Crippen LogP contribution in [0.2, 0.25) is 0 Å². The number of nitrogens with zero attached hydrogens (tertiary/aromatic N) is 2. The van der Waals surface area contributed by atoms with Crippen molar-refractivity contribution in [1.82, 2.24) is 9.78 Å². The van der Waals surface area contributed by atoms with E-state index in [1.807, 2.05) is 18.2 Å². The summed E-state index contributed by atoms with van der Waals surface area (Å²) in [7, 11) is 1.20. The number of hydrogen-bond acceptors (Lipinski definition) is 5. The molecule has 2 aromatic heterocycles. The van der Waals surface area contributed by atoms with Gasteiger partial charge >= 0.3 is 5.97 Å². The number of rotatable bonds is 2. The molecular weight excluding hydrogens is 260 g/mol. The second kappa shape index (κ2) is 4.65. The van der Waals surface area contributed by atoms with Crippen LogP contribution in [-0.4, -0.2) is 22.9 Å². The largest absolute Gasteiger partial charge is 0.464 e. The molecule has 0 bridgehead atoms. The predicted molar refractivity (Wildman–Crippen MR) is 70.9 cm³/mol. The molecule has 20 heavy (non-hydrogen) atoms. The smallest absolute Gasteiger partial charge is 0.362 e. The van der Waals surface area contributed by atoms with Gasteiger partial charge in [-0.2, -0.15) is 9.78 Å². The topological polar surface area (TPSA) is 74.3 Å². The third kappa shape index (κ3) is 1.78. The summed E-state index contributed by atoms with van der Waals surface area (Å²) in [5, 5.41) is 4.33. The molecule has 3 rings (SSSR count). The molecule has 0 aliphatic heterocycles. The SMILES string of the molecule is COC(=O)c1nn(-c2ccccc2)c2occc2c1=O. The first-order valence-corrected chi connectivity index (χ1v) is 5.86. The van der Waals surface area contributed by atoms with Gasteiger partial charge in [-0.15, -0.1) is 0 Å². The number of hydrogen-bond donors (Lipinski definition) is 0. The Morgan fingerprint density at radius 1 is 1.25 bits per heavy atom. The minimum absolute atomic E-state index is 0.273. The fourth-order valence-electron chi connectivity index (χ4n) is 1.93. The Hall–Kier alpha value is -2.89. The molecule has 0 radical (unpaired) electrons. The van der Waals surface area contributed by atoms with Crippen LogP contribution in [0.4, 0.5) is 0 Å². The number of ether oxygens (including phenoxy) is 1. The zero-order valence-electron chi connectivity index (χ0n) is 10.6. The number of fused-ring (bicyclic) bond motifs is 1. The summed E-state index contributed by atoms with van der Waals surface area (Å²) in [5.74, 6) is -0.775. The van der Waals surface area contributed by atoms with Crippen LogP contribution in [0.15, 0.2) is 51.9 Å². The Kier molecular flexibility index (Phi) is 2.83. The van der Waals surface area contributed by atoms with Crippen LogP contribution in [-0.2, 0) is 4.74 Å². The number of para-hydroxylation sites is 1. The van der Waals surface area contributed by atoms with Crippen LogP contribution in [0.3, 0.4) is 0 Å². The van der Waals surface area contributed by atoms with Crippen LogP contribution in [0.5, 0.6) is 0 Å². The van der Waals surface area contributed by atoms with Crippen LogP contribution in [0.25, 0.3) is 16.8 Å². The summed E-state index contributed by atoms with van der Waals surface area (Å²) >= 11 is 0. The zero-order chi connectivity index (χ0) is 14.1. The van der Waals surface area contributed by atoms with E-state index < -0.39 is 11.4 Å². The normalized spacial score (nSPS) is 10.7. The number of carbonyl (C=O) groups is 1. The van der Waals surface area contributed by atoms with Gasteiger partial charge in [-0.3, -0.25) is 4.79 Å². The third-order valence-electron chi connectivity index (χ3n) is 2.88. The number of furan rings is 1. The van der Waals surface area contributed by atoms with Gasteiger partial charge in [-0.05, 0) is 18.2 Å². The molecule has 0 aliphatic carbocycles. The zero-order valence-corrected chi connectivity index (χ0v) is 10.6. The van der Waals surface area contributed by atoms with Crippen molar-refractivity contribution in [3.8, 4) is 5.69 Å². The van der Waals surface area contributed by atoms with E-state index in [1.165, 1.54) is 24.1 Å². The third-order valence-corrected chi connectivity index (χ3v) is 2.88. The molecule has 0 amide bonds. The molecule has 0 saturated carbocycles. The molecule has 0 atom stereocenters. The van der Waals surface area contributed by atoms with Crippen molar-refractivity contribution in [3.63, 3.8) is 0 Å². The highest BCUT2D eigenvalue weighted by molar-refractivity contribution is 5.90. The van der Waals surface area contributed by atoms with E-state index in [0.717, 1.165) is 0 Å². The van der Waals surface area contributed by atoms with Gasteiger partial charge in [0.2, 0.25) is 16.8 Å². The van der Waals surface area contributed by atoms with Crippen molar-refractivity contribution < 1.29 is 13.9 Å². The molecule has 0 fully saturated rings. The van der Waals surface area contributed by atoms with E-state index >= 15 is 0 Å². The Bertz CT molecular complexity index is 833. The molecule has 6 nitrogen and oxygen atoms in total. The first-order valence-electron chi connectivity index (χ1n) is 5.86. The highest BCUT2D eigenvalue weighted by Crippen LogP contribution is 2.16. The van der Waals surface area contributed by atoms with E-state index in [0.29, 0.717) is 5.69 Å². The van der Waals surface area contributed by atoms with Crippen LogP contribution >= 0.6 is 0 Å². The van der Waals surface area contributed by atoms with Gasteiger partial charge in [0.1, 0.15) is 0 Å². The lowest BCUT2D eigenvalue weighted by Gasteiger charge is -2.07. The number of methoxy groups -OCH3 is 1. The summed E-state index contributed by atoms with van der Waals surface area (Å²) in [4.78, 5) is 23.8. The van der Waals surface area contributed by atoms with Crippen molar-refractivity contribution in [2.75, 3.05) is 7.11 Å². The average molecular weight is 270 g/mol. The second-order valence-corrected chi connectivity index (χ2v) is 4.06. The van der Waals surface area contributed by atoms with Gasteiger partial charge in [0.15, 0.2) is 0 Å². The second-order valence-electron chi connectivity index (χ2n) is 4.06. The van der Waals surface area contributed by atoms with E-state index in [-0.39, 0.29) is 16.8 Å². The summed E-state index contributed by atoms with van der Waals surface area (Å²) in [6, 6.07) is 10.6. The van der Waals surface area contributed by atoms with Gasteiger partial charge in [0.05, 0.1) is 24.4 Å². The molecule has 0 unspecified atom stereocenters. The molecule has 100 valence electrons. The van der Waals surface area contributed by atoms with Crippen molar-refractivity contribution in [1.29, 1.82) is 0 Å². The Morgan fingerprint density at radius 2 is 2.00 bits per heavy atom. The van der Waals surface area contributed by atoms with Crippen LogP contribution < -0.4 is 5.43 Å². The maximum atomic E-state index is 12.1. The quantitative estimate of drug-likeness (QED) is 0.663. The van der Waals surface area contributed by atoms with Crippen molar-refractivity contribution in [2.24, 2.45) is 0 Å². The van der Waals surface area contributed by atoms with Crippen molar-refractivity contribution in [2.45, 2.75) is 0 Å². The van der Waals surface area contributed by atoms with E-state index in [4.69, 9.17) is 4.42 Å². The summed E-state index contributed by atoms with van der Waals surface area (Å²) in [6.07, 6.45) is 1.38. The Labute approximate surface area is 113 Å². The molecule has 0 aliphatic rings. The Morgan fingerprint density at radius 3 is 2.70 bits per heavy atom. The lowest BCUT2D eigenvalue weighted by atomic mass is 10.2. The maximum absolute atomic E-state index is 12.1. The van der Waals surface area contributed by atoms with E-state index in [1.54, 1.807) is 12.1 Å². The highest BCUT2D eigenvalue weighted by Gasteiger charge is 2.20. The molecule has 0 N–H and O–H groups in total. The van der Waals surface area contributed by atoms with Gasteiger partial charge in [0, 0.05) is 0 Å². The summed E-state index contributed by atoms with van der Waals surface area (Å²) in [6.45, 7) is 0. The summed E-state index contributed by atoms with van der Waals surface area (Å²) < 4.78 is 11.3. The molecular formula is C14H10N2O4. The first-order chi connectivity index (χ1) is 9.72. The standard InChI is InChI=1S/C14H10N2O4/c1-19-14(18)11-12(17)10-7-8-20-13(10)16(15-11)9-5-3-2-4-6-9/h2-8H,1H3. The minimum atomic E-state index is -0.775. The molecule has 2 heterocycles. The lowest BCUT2D eigenvalue weighted by molar-refractivity contribution is 0.0590. The molecule has 0 spiro atoms. The van der Waals surface area contributed by atoms with Gasteiger partial charge in [-0.25, -0.2) is 4.79 Å². The maximum Gasteiger partial charge on any atom is 0.362 e. The van der Waals surface area contributed by atoms with E-state index in [9.17, 15) is 9.59 Å². The molecule has 1 aromatic carbocycles. The van der Waals surface area contributed by atoms with Gasteiger partial charge in [-0.1, -0.05) is 18.2 Å². The van der Waals surface area contributed by atoms with Crippen molar-refractivity contribution in [3.05, 3.63) is 58.6 Å². The van der Waals surface area contributed by atoms with E-state index in [2.05, 4.69) is 9.84 Å². The summed E-state index contributed by atoms with van der Waals surface area (Å²) in [5.41, 5.74) is 0.185. The fraction of sp³-hybridized carbons (Fsp3) is 0.0714. The molecule has 0 saturated heterocycles. The Balaban J connectivity index is 2.37. The average Bonchev–Trinajstić information content (AvgIpc) is 2.98. The van der Waals surface area contributed by atoms with Crippen LogP contribution in [0.1, 0.15) is 10.5 Å². The van der Waals surface area contributed by atoms with Crippen molar-refractivity contribution >= 4 is 17.1 Å². The number of benzene rings is 1. The van der Waals surface area contributed by atoms with Gasteiger partial charge in [0.25, 0.3) is 0 Å². The number of aromatic nitrogens is 2. The highest BCUT2D eigenvalue weighted by atomic mass is 16.5. The van der Waals surface area contributed by atoms with Crippen LogP contribution in [0, 0.1) is 0 Å². The lowest BCUT2D eigenvalue weighted by Crippen LogP contribution is -2.22. The monoisotopic (exact) mass is 270 g/mol. The minimum Gasteiger partial charge on any atom is -0.464 e. The predicted octanol–water partition coefficient (Wildman–Crippen LogP) is 1.77. The molecule has 3 aromatic rings. The number of carbonyl (C=O) groups excluding carboxylic acids is 1. The molecule has 6 heteroatoms. The number of esters is 1.